The van der Waals surface area contributed by atoms with E-state index in [1.165, 1.54) is 12.1 Å². The second-order valence-electron chi connectivity index (χ2n) is 11.0. The molecule has 9 nitrogen and oxygen atoms in total. The summed E-state index contributed by atoms with van der Waals surface area (Å²) in [7, 11) is 0. The molecule has 3 heterocycles. The summed E-state index contributed by atoms with van der Waals surface area (Å²) >= 11 is 1.56. The minimum absolute atomic E-state index is 0.0167. The van der Waals surface area contributed by atoms with E-state index in [1.54, 1.807) is 35.6 Å². The quantitative estimate of drug-likeness (QED) is 0.185. The number of nitrogens with one attached hydrogen (secondary N) is 2. The molecule has 10 heteroatoms. The molecule has 0 saturated heterocycles. The highest BCUT2D eigenvalue weighted by Crippen LogP contribution is 2.43. The van der Waals surface area contributed by atoms with Gasteiger partial charge in [0.2, 0.25) is 0 Å². The highest BCUT2D eigenvalue weighted by molar-refractivity contribution is 7.13. The van der Waals surface area contributed by atoms with Gasteiger partial charge in [-0.3, -0.25) is 9.59 Å². The van der Waals surface area contributed by atoms with Gasteiger partial charge in [-0.1, -0.05) is 26.0 Å². The number of pyridine rings is 1. The van der Waals surface area contributed by atoms with Crippen LogP contribution in [0.3, 0.4) is 0 Å². The molecule has 5 N–H and O–H groups in total. The van der Waals surface area contributed by atoms with Crippen LogP contribution < -0.4 is 21.1 Å². The SMILES string of the molecule is CC(C)CC(C)NC(=O)c1ccc(-c2cc3c(cc2C(=O)Nc2ccc(CN)cc2)-c2sccc2CCO3)c(C(=O)O)n1. The third kappa shape index (κ3) is 6.60. The number of carboxylic acid groups (broad SMARTS) is 1. The van der Waals surface area contributed by atoms with E-state index < -0.39 is 17.8 Å². The standard InChI is InChI=1S/C33H34N4O5S/c1-18(2)14-19(3)35-32(39)27-9-8-23(29(37-27)33(40)41)24-16-28-26(30-21(10-12-42-28)11-13-43-30)15-25(24)31(38)36-22-6-4-20(17-34)5-7-22/h4-9,11,13,15-16,18-19H,10,12,14,17,34H2,1-3H3,(H,35,39)(H,36,38)(H,40,41). The Morgan fingerprint density at radius 3 is 2.47 bits per heavy atom. The van der Waals surface area contributed by atoms with Gasteiger partial charge in [-0.15, -0.1) is 11.3 Å². The Labute approximate surface area is 254 Å². The molecule has 0 radical (unpaired) electrons. The molecule has 2 aromatic heterocycles. The van der Waals surface area contributed by atoms with Crippen molar-refractivity contribution in [2.45, 2.75) is 46.2 Å². The summed E-state index contributed by atoms with van der Waals surface area (Å²) in [5.74, 6) is -1.29. The van der Waals surface area contributed by atoms with Crippen LogP contribution in [-0.4, -0.2) is 40.5 Å². The number of carbonyl (C=O) groups excluding carboxylic acids is 2. The number of fused-ring (bicyclic) bond motifs is 3. The number of aromatic nitrogens is 1. The Balaban J connectivity index is 1.61. The molecule has 43 heavy (non-hydrogen) atoms. The number of carbonyl (C=O) groups is 3. The monoisotopic (exact) mass is 598 g/mol. The third-order valence-corrected chi connectivity index (χ3v) is 8.25. The summed E-state index contributed by atoms with van der Waals surface area (Å²) in [5, 5.41) is 18.0. The summed E-state index contributed by atoms with van der Waals surface area (Å²) < 4.78 is 6.10. The number of hydrogen-bond acceptors (Lipinski definition) is 7. The van der Waals surface area contributed by atoms with Crippen molar-refractivity contribution >= 4 is 34.8 Å². The van der Waals surface area contributed by atoms with Gasteiger partial charge in [0, 0.05) is 51.8 Å². The van der Waals surface area contributed by atoms with Crippen LogP contribution in [0, 0.1) is 5.92 Å². The van der Waals surface area contributed by atoms with Crippen LogP contribution in [0.15, 0.2) is 60.0 Å². The van der Waals surface area contributed by atoms with E-state index in [1.807, 2.05) is 30.5 Å². The van der Waals surface area contributed by atoms with Gasteiger partial charge in [-0.05, 0) is 78.2 Å². The molecule has 1 aliphatic rings. The molecule has 0 saturated carbocycles. The molecule has 1 unspecified atom stereocenters. The second kappa shape index (κ2) is 12.8. The van der Waals surface area contributed by atoms with Gasteiger partial charge >= 0.3 is 5.97 Å². The highest BCUT2D eigenvalue weighted by atomic mass is 32.1. The lowest BCUT2D eigenvalue weighted by atomic mass is 9.93. The predicted octanol–water partition coefficient (Wildman–Crippen LogP) is 5.99. The van der Waals surface area contributed by atoms with E-state index in [-0.39, 0.29) is 28.6 Å². The van der Waals surface area contributed by atoms with E-state index in [2.05, 4.69) is 29.5 Å². The molecule has 222 valence electrons. The minimum atomic E-state index is -1.32. The average Bonchev–Trinajstić information content (AvgIpc) is 3.37. The summed E-state index contributed by atoms with van der Waals surface area (Å²) in [6.45, 7) is 6.83. The van der Waals surface area contributed by atoms with E-state index >= 15 is 0 Å². The number of carboxylic acids is 1. The zero-order valence-electron chi connectivity index (χ0n) is 24.3. The number of anilines is 1. The molecule has 0 fully saturated rings. The molecule has 0 aliphatic carbocycles. The molecular formula is C33H34N4O5S. The van der Waals surface area contributed by atoms with E-state index in [9.17, 15) is 19.5 Å². The van der Waals surface area contributed by atoms with Gasteiger partial charge < -0.3 is 26.2 Å². The average molecular weight is 599 g/mol. The molecular weight excluding hydrogens is 564 g/mol. The molecule has 1 aliphatic heterocycles. The first-order valence-electron chi connectivity index (χ1n) is 14.2. The topological polar surface area (TPSA) is 144 Å². The Hall–Kier alpha value is -4.54. The zero-order valence-corrected chi connectivity index (χ0v) is 25.1. The van der Waals surface area contributed by atoms with Crippen molar-refractivity contribution in [2.24, 2.45) is 11.7 Å². The Morgan fingerprint density at radius 1 is 1.00 bits per heavy atom. The van der Waals surface area contributed by atoms with Gasteiger partial charge in [0.15, 0.2) is 5.69 Å². The smallest absolute Gasteiger partial charge is 0.355 e. The summed E-state index contributed by atoms with van der Waals surface area (Å²) in [5.41, 5.74) is 9.51. The summed E-state index contributed by atoms with van der Waals surface area (Å²) in [6.07, 6.45) is 1.48. The molecule has 0 bridgehead atoms. The van der Waals surface area contributed by atoms with Gasteiger partial charge in [0.25, 0.3) is 11.8 Å². The van der Waals surface area contributed by atoms with Crippen molar-refractivity contribution in [1.29, 1.82) is 0 Å². The van der Waals surface area contributed by atoms with Crippen LogP contribution in [0.4, 0.5) is 5.69 Å². The molecule has 5 rings (SSSR count). The number of benzene rings is 2. The Bertz CT molecular complexity index is 1680. The molecule has 1 atom stereocenters. The van der Waals surface area contributed by atoms with Crippen molar-refractivity contribution in [3.63, 3.8) is 0 Å². The number of thiophene rings is 1. The molecule has 0 spiro atoms. The fourth-order valence-electron chi connectivity index (χ4n) is 5.28. The number of ether oxygens (including phenoxy) is 1. The van der Waals surface area contributed by atoms with Crippen LogP contribution in [0.25, 0.3) is 21.6 Å². The number of nitrogens with two attached hydrogens (primary N) is 1. The maximum atomic E-state index is 13.8. The number of nitrogens with zero attached hydrogens (tertiary/aromatic N) is 1. The van der Waals surface area contributed by atoms with Crippen LogP contribution in [-0.2, 0) is 13.0 Å². The number of aromatic carboxylic acids is 1. The van der Waals surface area contributed by atoms with Crippen molar-refractivity contribution in [1.82, 2.24) is 10.3 Å². The zero-order chi connectivity index (χ0) is 30.7. The lowest BCUT2D eigenvalue weighted by Gasteiger charge is -2.18. The minimum Gasteiger partial charge on any atom is -0.493 e. The normalized spacial score (nSPS) is 12.9. The van der Waals surface area contributed by atoms with Crippen molar-refractivity contribution in [3.05, 3.63) is 88.1 Å². The maximum Gasteiger partial charge on any atom is 0.355 e. The lowest BCUT2D eigenvalue weighted by Crippen LogP contribution is -2.34. The first-order valence-corrected chi connectivity index (χ1v) is 15.1. The molecule has 2 amide bonds. The maximum absolute atomic E-state index is 13.8. The molecule has 4 aromatic rings. The van der Waals surface area contributed by atoms with Crippen LogP contribution >= 0.6 is 11.3 Å². The van der Waals surface area contributed by atoms with Gasteiger partial charge in [-0.25, -0.2) is 9.78 Å². The van der Waals surface area contributed by atoms with Crippen molar-refractivity contribution in [3.8, 4) is 27.3 Å². The van der Waals surface area contributed by atoms with Crippen molar-refractivity contribution < 1.29 is 24.2 Å². The lowest BCUT2D eigenvalue weighted by molar-refractivity contribution is 0.0691. The molecule has 2 aromatic carbocycles. The van der Waals surface area contributed by atoms with Gasteiger partial charge in [0.1, 0.15) is 11.4 Å². The van der Waals surface area contributed by atoms with Crippen LogP contribution in [0.2, 0.25) is 0 Å². The van der Waals surface area contributed by atoms with Crippen molar-refractivity contribution in [2.75, 3.05) is 11.9 Å². The highest BCUT2D eigenvalue weighted by Gasteiger charge is 2.27. The number of amides is 2. The van der Waals surface area contributed by atoms with E-state index in [4.69, 9.17) is 10.5 Å². The third-order valence-electron chi connectivity index (χ3n) is 7.26. The largest absolute Gasteiger partial charge is 0.493 e. The fraction of sp³-hybridized carbons (Fsp3) is 0.273. The van der Waals surface area contributed by atoms with E-state index in [0.29, 0.717) is 42.5 Å². The summed E-state index contributed by atoms with van der Waals surface area (Å²) in [4.78, 5) is 44.5. The Kier molecular flexibility index (Phi) is 8.89. The van der Waals surface area contributed by atoms with Gasteiger partial charge in [0.05, 0.1) is 6.61 Å². The fourth-order valence-corrected chi connectivity index (χ4v) is 6.26. The Morgan fingerprint density at radius 2 is 1.77 bits per heavy atom. The number of hydrogen-bond donors (Lipinski definition) is 4. The first-order chi connectivity index (χ1) is 20.6. The predicted molar refractivity (Wildman–Crippen MR) is 168 cm³/mol. The summed E-state index contributed by atoms with van der Waals surface area (Å²) in [6, 6.07) is 15.6. The number of rotatable bonds is 9. The second-order valence-corrected chi connectivity index (χ2v) is 11.9. The van der Waals surface area contributed by atoms with Gasteiger partial charge in [-0.2, -0.15) is 0 Å². The van der Waals surface area contributed by atoms with Crippen LogP contribution in [0.1, 0.15) is 69.7 Å². The first kappa shape index (κ1) is 29.9. The van der Waals surface area contributed by atoms with E-state index in [0.717, 1.165) is 28.0 Å². The van der Waals surface area contributed by atoms with Crippen LogP contribution in [0.5, 0.6) is 5.75 Å².